The summed E-state index contributed by atoms with van der Waals surface area (Å²) in [5.41, 5.74) is 1.53. The number of aromatic nitrogens is 1. The lowest BCUT2D eigenvalue weighted by atomic mass is 10.0. The van der Waals surface area contributed by atoms with Crippen LogP contribution in [0.15, 0.2) is 24.5 Å². The quantitative estimate of drug-likeness (QED) is 0.120. The molecule has 0 bridgehead atoms. The van der Waals surface area contributed by atoms with E-state index in [1.54, 1.807) is 0 Å². The highest BCUT2D eigenvalue weighted by Gasteiger charge is 2.03. The van der Waals surface area contributed by atoms with Crippen LogP contribution in [0.25, 0.3) is 0 Å². The largest absolute Gasteiger partial charge is 0.205 e. The first kappa shape index (κ1) is 28.2. The van der Waals surface area contributed by atoms with E-state index in [9.17, 15) is 0 Å². The smallest absolute Gasteiger partial charge is 0.171 e. The minimum atomic E-state index is 1.19. The Kier molecular flexibility index (Phi) is 20.3. The molecular formula is C30H56N+. The molecular weight excluding hydrogens is 374 g/mol. The second-order valence-corrected chi connectivity index (χ2v) is 9.92. The maximum absolute atomic E-state index is 2.40. The van der Waals surface area contributed by atoms with E-state index < -0.39 is 0 Å². The van der Waals surface area contributed by atoms with Crippen molar-refractivity contribution in [3.8, 4) is 0 Å². The van der Waals surface area contributed by atoms with Crippen molar-refractivity contribution in [2.75, 3.05) is 0 Å². The summed E-state index contributed by atoms with van der Waals surface area (Å²) in [6, 6.07) is 4.55. The molecule has 1 heterocycles. The summed E-state index contributed by atoms with van der Waals surface area (Å²) in [6.07, 6.45) is 35.9. The van der Waals surface area contributed by atoms with E-state index in [1.807, 2.05) is 0 Å². The molecule has 0 spiro atoms. The Morgan fingerprint density at radius 3 is 1.42 bits per heavy atom. The van der Waals surface area contributed by atoms with Gasteiger partial charge in [0.05, 0.1) is 0 Å². The summed E-state index contributed by atoms with van der Waals surface area (Å²) in [5, 5.41) is 0. The van der Waals surface area contributed by atoms with Gasteiger partial charge in [0, 0.05) is 18.1 Å². The number of aryl methyl sites for hydroxylation is 2. The second kappa shape index (κ2) is 22.3. The molecule has 0 aliphatic rings. The molecule has 0 aliphatic carbocycles. The Balaban J connectivity index is 1.84. The van der Waals surface area contributed by atoms with E-state index >= 15 is 0 Å². The van der Waals surface area contributed by atoms with Gasteiger partial charge in [0.2, 0.25) is 0 Å². The minimum Gasteiger partial charge on any atom is -0.205 e. The molecule has 1 heteroatoms. The first-order valence-corrected chi connectivity index (χ1v) is 14.3. The van der Waals surface area contributed by atoms with Crippen LogP contribution in [-0.4, -0.2) is 0 Å². The van der Waals surface area contributed by atoms with Crippen LogP contribution in [0, 0.1) is 0 Å². The van der Waals surface area contributed by atoms with E-state index in [1.165, 1.54) is 153 Å². The van der Waals surface area contributed by atoms with Gasteiger partial charge in [-0.25, -0.2) is 4.57 Å². The predicted octanol–water partition coefficient (Wildman–Crippen LogP) is 9.75. The van der Waals surface area contributed by atoms with Crippen LogP contribution in [-0.2, 0) is 13.0 Å². The van der Waals surface area contributed by atoms with Crippen LogP contribution in [0.1, 0.15) is 154 Å². The SMILES string of the molecule is CCCCCCCCCCCCCCCCCCCc1ccc[n+](CCCCCC)c1. The van der Waals surface area contributed by atoms with E-state index in [2.05, 4.69) is 42.9 Å². The number of pyridine rings is 1. The van der Waals surface area contributed by atoms with Crippen molar-refractivity contribution in [2.24, 2.45) is 0 Å². The molecule has 1 aromatic heterocycles. The Bertz CT molecular complexity index is 481. The summed E-state index contributed by atoms with van der Waals surface area (Å²) >= 11 is 0. The number of hydrogen-bond donors (Lipinski definition) is 0. The summed E-state index contributed by atoms with van der Waals surface area (Å²) < 4.78 is 2.40. The summed E-state index contributed by atoms with van der Waals surface area (Å²) in [4.78, 5) is 0. The highest BCUT2D eigenvalue weighted by atomic mass is 14.9. The van der Waals surface area contributed by atoms with Crippen molar-refractivity contribution in [1.29, 1.82) is 0 Å². The van der Waals surface area contributed by atoms with Gasteiger partial charge in [-0.15, -0.1) is 0 Å². The monoisotopic (exact) mass is 430 g/mol. The van der Waals surface area contributed by atoms with E-state index in [0.717, 1.165) is 0 Å². The van der Waals surface area contributed by atoms with Crippen molar-refractivity contribution < 1.29 is 4.57 Å². The van der Waals surface area contributed by atoms with E-state index in [0.29, 0.717) is 0 Å². The average molecular weight is 431 g/mol. The van der Waals surface area contributed by atoms with Crippen LogP contribution in [0.4, 0.5) is 0 Å². The van der Waals surface area contributed by atoms with E-state index in [4.69, 9.17) is 0 Å². The fraction of sp³-hybridized carbons (Fsp3) is 0.833. The molecule has 1 nitrogen and oxygen atoms in total. The molecule has 0 radical (unpaired) electrons. The zero-order valence-electron chi connectivity index (χ0n) is 21.5. The molecule has 180 valence electrons. The average Bonchev–Trinajstić information content (AvgIpc) is 2.79. The van der Waals surface area contributed by atoms with Gasteiger partial charge in [0.15, 0.2) is 12.4 Å². The first-order valence-electron chi connectivity index (χ1n) is 14.3. The van der Waals surface area contributed by atoms with Crippen molar-refractivity contribution in [3.05, 3.63) is 30.1 Å². The van der Waals surface area contributed by atoms with Crippen LogP contribution in [0.5, 0.6) is 0 Å². The lowest BCUT2D eigenvalue weighted by Crippen LogP contribution is -2.33. The molecule has 1 rings (SSSR count). The lowest BCUT2D eigenvalue weighted by Gasteiger charge is -2.04. The third-order valence-electron chi connectivity index (χ3n) is 6.76. The summed E-state index contributed by atoms with van der Waals surface area (Å²) in [5.74, 6) is 0. The van der Waals surface area contributed by atoms with Gasteiger partial charge < -0.3 is 0 Å². The Labute approximate surface area is 196 Å². The normalized spacial score (nSPS) is 11.3. The fourth-order valence-corrected chi connectivity index (χ4v) is 4.64. The summed E-state index contributed by atoms with van der Waals surface area (Å²) in [6.45, 7) is 5.77. The van der Waals surface area contributed by atoms with Crippen molar-refractivity contribution in [3.63, 3.8) is 0 Å². The second-order valence-electron chi connectivity index (χ2n) is 9.92. The first-order chi connectivity index (χ1) is 15.4. The molecule has 0 unspecified atom stereocenters. The van der Waals surface area contributed by atoms with Gasteiger partial charge in [-0.05, 0) is 25.3 Å². The molecule has 0 saturated heterocycles. The topological polar surface area (TPSA) is 3.88 Å². The fourth-order valence-electron chi connectivity index (χ4n) is 4.64. The van der Waals surface area contributed by atoms with Gasteiger partial charge in [-0.2, -0.15) is 0 Å². The molecule has 0 fully saturated rings. The highest BCUT2D eigenvalue weighted by Crippen LogP contribution is 2.14. The molecule has 0 N–H and O–H groups in total. The van der Waals surface area contributed by atoms with Crippen LogP contribution < -0.4 is 4.57 Å². The predicted molar refractivity (Wildman–Crippen MR) is 139 cm³/mol. The van der Waals surface area contributed by atoms with Gasteiger partial charge in [0.25, 0.3) is 0 Å². The Morgan fingerprint density at radius 1 is 0.516 bits per heavy atom. The van der Waals surface area contributed by atoms with Crippen molar-refractivity contribution >= 4 is 0 Å². The van der Waals surface area contributed by atoms with Gasteiger partial charge in [0.1, 0.15) is 6.54 Å². The molecule has 0 aliphatic heterocycles. The maximum Gasteiger partial charge on any atom is 0.171 e. The number of hydrogen-bond acceptors (Lipinski definition) is 0. The number of rotatable bonds is 23. The summed E-state index contributed by atoms with van der Waals surface area (Å²) in [7, 11) is 0. The molecule has 1 aromatic rings. The van der Waals surface area contributed by atoms with E-state index in [-0.39, 0.29) is 0 Å². The maximum atomic E-state index is 2.40. The van der Waals surface area contributed by atoms with Gasteiger partial charge in [-0.3, -0.25) is 0 Å². The van der Waals surface area contributed by atoms with Crippen molar-refractivity contribution in [1.82, 2.24) is 0 Å². The number of unbranched alkanes of at least 4 members (excludes halogenated alkanes) is 19. The minimum absolute atomic E-state index is 1.19. The Morgan fingerprint density at radius 2 is 0.935 bits per heavy atom. The zero-order chi connectivity index (χ0) is 22.2. The lowest BCUT2D eigenvalue weighted by molar-refractivity contribution is -0.697. The molecule has 0 amide bonds. The molecule has 31 heavy (non-hydrogen) atoms. The number of nitrogens with zero attached hydrogens (tertiary/aromatic N) is 1. The third kappa shape index (κ3) is 18.4. The third-order valence-corrected chi connectivity index (χ3v) is 6.76. The van der Waals surface area contributed by atoms with Gasteiger partial charge >= 0.3 is 0 Å². The van der Waals surface area contributed by atoms with Crippen LogP contribution in [0.3, 0.4) is 0 Å². The molecule has 0 saturated carbocycles. The highest BCUT2D eigenvalue weighted by molar-refractivity contribution is 5.05. The van der Waals surface area contributed by atoms with Crippen LogP contribution in [0.2, 0.25) is 0 Å². The Hall–Kier alpha value is -0.850. The zero-order valence-corrected chi connectivity index (χ0v) is 21.5. The van der Waals surface area contributed by atoms with Crippen molar-refractivity contribution in [2.45, 2.75) is 162 Å². The molecule has 0 atom stereocenters. The van der Waals surface area contributed by atoms with Crippen LogP contribution >= 0.6 is 0 Å². The van der Waals surface area contributed by atoms with Gasteiger partial charge in [-0.1, -0.05) is 129 Å². The standard InChI is InChI=1S/C30H56N/c1-3-5-7-9-10-11-12-13-14-15-16-17-18-19-20-21-22-25-30-26-24-28-31(29-30)27-23-8-6-4-2/h24,26,28-29H,3-23,25,27H2,1-2H3/q+1. The molecule has 0 aromatic carbocycles.